The molecule has 1 N–H and O–H groups in total. The predicted molar refractivity (Wildman–Crippen MR) is 72.5 cm³/mol. The highest BCUT2D eigenvalue weighted by Crippen LogP contribution is 2.34. The van der Waals surface area contributed by atoms with Crippen LogP contribution in [0.4, 0.5) is 0 Å². The van der Waals surface area contributed by atoms with Gasteiger partial charge in [-0.25, -0.2) is 0 Å². The van der Waals surface area contributed by atoms with Gasteiger partial charge < -0.3 is 9.88 Å². The Morgan fingerprint density at radius 1 is 1.29 bits per heavy atom. The number of nitrogens with zero attached hydrogens (tertiary/aromatic N) is 1. The van der Waals surface area contributed by atoms with E-state index in [1.165, 1.54) is 35.7 Å². The SMILES string of the molecule is Cn1ccc2c(Cl)c(C3CCCCN3)ccc21. The van der Waals surface area contributed by atoms with Crippen LogP contribution in [0.1, 0.15) is 30.9 Å². The molecular weight excluding hydrogens is 232 g/mol. The largest absolute Gasteiger partial charge is 0.351 e. The van der Waals surface area contributed by atoms with Gasteiger partial charge in [-0.05, 0) is 37.1 Å². The Morgan fingerprint density at radius 3 is 2.94 bits per heavy atom. The molecule has 1 aliphatic heterocycles. The molecule has 17 heavy (non-hydrogen) atoms. The maximum absolute atomic E-state index is 6.53. The highest BCUT2D eigenvalue weighted by Gasteiger charge is 2.18. The Balaban J connectivity index is 2.07. The molecule has 1 saturated heterocycles. The summed E-state index contributed by atoms with van der Waals surface area (Å²) < 4.78 is 2.11. The number of fused-ring (bicyclic) bond motifs is 1. The normalized spacial score (nSPS) is 20.9. The quantitative estimate of drug-likeness (QED) is 0.815. The maximum atomic E-state index is 6.53. The van der Waals surface area contributed by atoms with Gasteiger partial charge in [-0.1, -0.05) is 24.1 Å². The van der Waals surface area contributed by atoms with E-state index in [0.717, 1.165) is 11.6 Å². The average Bonchev–Trinajstić information content (AvgIpc) is 2.74. The lowest BCUT2D eigenvalue weighted by Gasteiger charge is -2.25. The van der Waals surface area contributed by atoms with Crippen molar-refractivity contribution in [1.29, 1.82) is 0 Å². The molecule has 2 nitrogen and oxygen atoms in total. The minimum absolute atomic E-state index is 0.431. The van der Waals surface area contributed by atoms with Crippen LogP contribution in [0.25, 0.3) is 10.9 Å². The number of aryl methyl sites for hydroxylation is 1. The van der Waals surface area contributed by atoms with Crippen molar-refractivity contribution in [3.8, 4) is 0 Å². The monoisotopic (exact) mass is 248 g/mol. The molecule has 1 aromatic carbocycles. The van der Waals surface area contributed by atoms with Gasteiger partial charge in [0.05, 0.1) is 5.02 Å². The minimum atomic E-state index is 0.431. The summed E-state index contributed by atoms with van der Waals surface area (Å²) in [4.78, 5) is 0. The van der Waals surface area contributed by atoms with Crippen LogP contribution in [-0.4, -0.2) is 11.1 Å². The number of hydrogen-bond donors (Lipinski definition) is 1. The zero-order valence-electron chi connectivity index (χ0n) is 10.0. The van der Waals surface area contributed by atoms with Gasteiger partial charge in [0, 0.05) is 30.2 Å². The van der Waals surface area contributed by atoms with Crippen LogP contribution in [-0.2, 0) is 7.05 Å². The highest BCUT2D eigenvalue weighted by atomic mass is 35.5. The van der Waals surface area contributed by atoms with Crippen LogP contribution in [0.2, 0.25) is 5.02 Å². The van der Waals surface area contributed by atoms with Crippen molar-refractivity contribution in [1.82, 2.24) is 9.88 Å². The summed E-state index contributed by atoms with van der Waals surface area (Å²) in [6.07, 6.45) is 5.83. The number of piperidine rings is 1. The second-order valence-electron chi connectivity index (χ2n) is 4.83. The first-order valence-corrected chi connectivity index (χ1v) is 6.62. The molecule has 2 aromatic rings. The van der Waals surface area contributed by atoms with E-state index in [4.69, 9.17) is 11.6 Å². The van der Waals surface area contributed by atoms with Crippen molar-refractivity contribution < 1.29 is 0 Å². The molecule has 1 fully saturated rings. The average molecular weight is 249 g/mol. The third-order valence-corrected chi connectivity index (χ3v) is 4.14. The lowest BCUT2D eigenvalue weighted by Crippen LogP contribution is -2.26. The van der Waals surface area contributed by atoms with Crippen molar-refractivity contribution >= 4 is 22.5 Å². The van der Waals surface area contributed by atoms with E-state index in [0.29, 0.717) is 6.04 Å². The summed E-state index contributed by atoms with van der Waals surface area (Å²) in [7, 11) is 2.05. The summed E-state index contributed by atoms with van der Waals surface area (Å²) in [5, 5.41) is 5.64. The van der Waals surface area contributed by atoms with Gasteiger partial charge in [-0.3, -0.25) is 0 Å². The first kappa shape index (κ1) is 11.1. The molecule has 0 bridgehead atoms. The molecule has 3 heteroatoms. The van der Waals surface area contributed by atoms with Crippen molar-refractivity contribution in [2.45, 2.75) is 25.3 Å². The molecule has 0 radical (unpaired) electrons. The van der Waals surface area contributed by atoms with Crippen LogP contribution < -0.4 is 5.32 Å². The Bertz CT molecular complexity index is 538. The first-order valence-electron chi connectivity index (χ1n) is 6.24. The van der Waals surface area contributed by atoms with Crippen LogP contribution in [0.3, 0.4) is 0 Å². The van der Waals surface area contributed by atoms with E-state index >= 15 is 0 Å². The smallest absolute Gasteiger partial charge is 0.0547 e. The van der Waals surface area contributed by atoms with Gasteiger partial charge >= 0.3 is 0 Å². The second-order valence-corrected chi connectivity index (χ2v) is 5.21. The Morgan fingerprint density at radius 2 is 2.18 bits per heavy atom. The van der Waals surface area contributed by atoms with Gasteiger partial charge in [-0.15, -0.1) is 0 Å². The molecule has 2 heterocycles. The van der Waals surface area contributed by atoms with E-state index in [9.17, 15) is 0 Å². The molecule has 1 unspecified atom stereocenters. The molecule has 1 atom stereocenters. The van der Waals surface area contributed by atoms with Crippen LogP contribution in [0.15, 0.2) is 24.4 Å². The first-order chi connectivity index (χ1) is 8.27. The lowest BCUT2D eigenvalue weighted by atomic mass is 9.96. The maximum Gasteiger partial charge on any atom is 0.0547 e. The Hall–Kier alpha value is -0.990. The van der Waals surface area contributed by atoms with Crippen molar-refractivity contribution in [3.63, 3.8) is 0 Å². The van der Waals surface area contributed by atoms with Crippen molar-refractivity contribution in [2.75, 3.05) is 6.54 Å². The predicted octanol–water partition coefficient (Wildman–Crippen LogP) is 3.65. The van der Waals surface area contributed by atoms with Crippen molar-refractivity contribution in [3.05, 3.63) is 35.0 Å². The zero-order chi connectivity index (χ0) is 11.8. The topological polar surface area (TPSA) is 17.0 Å². The number of hydrogen-bond acceptors (Lipinski definition) is 1. The van der Waals surface area contributed by atoms with Gasteiger partial charge in [0.2, 0.25) is 0 Å². The fourth-order valence-electron chi connectivity index (χ4n) is 2.72. The lowest BCUT2D eigenvalue weighted by molar-refractivity contribution is 0.412. The third-order valence-electron chi connectivity index (χ3n) is 3.72. The van der Waals surface area contributed by atoms with Gasteiger partial charge in [0.1, 0.15) is 0 Å². The highest BCUT2D eigenvalue weighted by molar-refractivity contribution is 6.36. The van der Waals surface area contributed by atoms with E-state index in [2.05, 4.69) is 41.3 Å². The van der Waals surface area contributed by atoms with Gasteiger partial charge in [-0.2, -0.15) is 0 Å². The Kier molecular flexibility index (Phi) is 2.85. The van der Waals surface area contributed by atoms with E-state index < -0.39 is 0 Å². The fourth-order valence-corrected chi connectivity index (χ4v) is 3.07. The van der Waals surface area contributed by atoms with Crippen LogP contribution >= 0.6 is 11.6 Å². The number of nitrogens with one attached hydrogen (secondary N) is 1. The second kappa shape index (κ2) is 4.35. The standard InChI is InChI=1S/C14H17ClN2/c1-17-9-7-11-13(17)6-5-10(14(11)15)12-4-2-3-8-16-12/h5-7,9,12,16H,2-4,8H2,1H3. The van der Waals surface area contributed by atoms with Crippen molar-refractivity contribution in [2.24, 2.45) is 7.05 Å². The summed E-state index contributed by atoms with van der Waals surface area (Å²) in [6.45, 7) is 1.10. The summed E-state index contributed by atoms with van der Waals surface area (Å²) >= 11 is 6.53. The summed E-state index contributed by atoms with van der Waals surface area (Å²) in [5.41, 5.74) is 2.46. The number of benzene rings is 1. The molecule has 0 aliphatic carbocycles. The number of rotatable bonds is 1. The van der Waals surface area contributed by atoms with Crippen LogP contribution in [0.5, 0.6) is 0 Å². The number of aromatic nitrogens is 1. The molecule has 3 rings (SSSR count). The molecule has 1 aromatic heterocycles. The molecule has 0 amide bonds. The fraction of sp³-hybridized carbons (Fsp3) is 0.429. The minimum Gasteiger partial charge on any atom is -0.351 e. The van der Waals surface area contributed by atoms with E-state index in [1.54, 1.807) is 0 Å². The summed E-state index contributed by atoms with van der Waals surface area (Å²) in [5.74, 6) is 0. The third kappa shape index (κ3) is 1.85. The zero-order valence-corrected chi connectivity index (χ0v) is 10.8. The van der Waals surface area contributed by atoms with Crippen LogP contribution in [0, 0.1) is 0 Å². The molecule has 90 valence electrons. The molecule has 1 aliphatic rings. The molecule has 0 saturated carbocycles. The Labute approximate surface area is 107 Å². The van der Waals surface area contributed by atoms with Gasteiger partial charge in [0.25, 0.3) is 0 Å². The number of halogens is 1. The summed E-state index contributed by atoms with van der Waals surface area (Å²) in [6, 6.07) is 6.88. The van der Waals surface area contributed by atoms with E-state index in [-0.39, 0.29) is 0 Å². The van der Waals surface area contributed by atoms with E-state index in [1.807, 2.05) is 0 Å². The van der Waals surface area contributed by atoms with Gasteiger partial charge in [0.15, 0.2) is 0 Å². The molecule has 0 spiro atoms. The molecular formula is C14H17ClN2.